The maximum absolute atomic E-state index is 11.7. The number of nitrogens with one attached hydrogen (secondary N) is 2. The molecule has 1 amide bonds. The molecule has 18 heavy (non-hydrogen) atoms. The van der Waals surface area contributed by atoms with Crippen molar-refractivity contribution in [1.29, 1.82) is 5.26 Å². The Morgan fingerprint density at radius 3 is 2.94 bits per heavy atom. The normalized spacial score (nSPS) is 21.4. The van der Waals surface area contributed by atoms with E-state index in [2.05, 4.69) is 30.6 Å². The fourth-order valence-corrected chi connectivity index (χ4v) is 2.21. The van der Waals surface area contributed by atoms with Crippen LogP contribution in [0.4, 0.5) is 0 Å². The highest BCUT2D eigenvalue weighted by Gasteiger charge is 2.40. The molecule has 1 saturated heterocycles. The van der Waals surface area contributed by atoms with Crippen LogP contribution in [0.5, 0.6) is 0 Å². The van der Waals surface area contributed by atoms with E-state index in [1.54, 1.807) is 6.07 Å². The van der Waals surface area contributed by atoms with E-state index in [0.29, 0.717) is 18.7 Å². The summed E-state index contributed by atoms with van der Waals surface area (Å²) in [7, 11) is 0. The van der Waals surface area contributed by atoms with Crippen LogP contribution in [0.15, 0.2) is 24.3 Å². The van der Waals surface area contributed by atoms with E-state index in [1.807, 2.05) is 18.2 Å². The summed E-state index contributed by atoms with van der Waals surface area (Å²) < 4.78 is 0. The van der Waals surface area contributed by atoms with Crippen molar-refractivity contribution in [3.05, 3.63) is 35.4 Å². The lowest BCUT2D eigenvalue weighted by molar-refractivity contribution is -0.121. The number of nitrogens with zero attached hydrogens (tertiary/aromatic N) is 1. The van der Waals surface area contributed by atoms with Gasteiger partial charge in [0.1, 0.15) is 0 Å². The molecule has 1 aromatic carbocycles. The second-order valence-electron chi connectivity index (χ2n) is 5.33. The van der Waals surface area contributed by atoms with Crippen LogP contribution in [0.25, 0.3) is 0 Å². The molecule has 0 aromatic heterocycles. The topological polar surface area (TPSA) is 64.9 Å². The van der Waals surface area contributed by atoms with Crippen molar-refractivity contribution >= 4 is 5.91 Å². The van der Waals surface area contributed by atoms with Crippen molar-refractivity contribution < 1.29 is 4.79 Å². The quantitative estimate of drug-likeness (QED) is 0.837. The van der Waals surface area contributed by atoms with Gasteiger partial charge in [-0.25, -0.2) is 0 Å². The molecule has 0 radical (unpaired) electrons. The minimum atomic E-state index is -0.178. The molecule has 1 heterocycles. The molecule has 1 fully saturated rings. The molecule has 2 N–H and O–H groups in total. The van der Waals surface area contributed by atoms with Crippen molar-refractivity contribution in [1.82, 2.24) is 10.6 Å². The zero-order valence-electron chi connectivity index (χ0n) is 10.7. The van der Waals surface area contributed by atoms with Gasteiger partial charge in [-0.05, 0) is 17.7 Å². The molecule has 4 heteroatoms. The zero-order valence-corrected chi connectivity index (χ0v) is 10.7. The first-order valence-corrected chi connectivity index (χ1v) is 6.03. The minimum Gasteiger partial charge on any atom is -0.354 e. The molecule has 0 saturated carbocycles. The van der Waals surface area contributed by atoms with Gasteiger partial charge in [-0.2, -0.15) is 5.26 Å². The maximum atomic E-state index is 11.7. The van der Waals surface area contributed by atoms with Gasteiger partial charge in [0.25, 0.3) is 0 Å². The standard InChI is InChI=1S/C14H17N3O/c1-14(2)9-17-13(18)12(14)16-8-11-5-3-4-10(6-11)7-15/h3-6,12,16H,8-9H2,1-2H3,(H,17,18). The first kappa shape index (κ1) is 12.6. The van der Waals surface area contributed by atoms with E-state index in [1.165, 1.54) is 0 Å². The summed E-state index contributed by atoms with van der Waals surface area (Å²) in [6, 6.07) is 9.36. The van der Waals surface area contributed by atoms with Crippen LogP contribution >= 0.6 is 0 Å². The number of benzene rings is 1. The summed E-state index contributed by atoms with van der Waals surface area (Å²) in [6.07, 6.45) is 0. The molecule has 1 unspecified atom stereocenters. The van der Waals surface area contributed by atoms with Crippen LogP contribution in [0.1, 0.15) is 25.0 Å². The SMILES string of the molecule is CC1(C)CNC(=O)C1NCc1cccc(C#N)c1. The fourth-order valence-electron chi connectivity index (χ4n) is 2.21. The Morgan fingerprint density at radius 2 is 2.33 bits per heavy atom. The van der Waals surface area contributed by atoms with Gasteiger partial charge < -0.3 is 10.6 Å². The second-order valence-corrected chi connectivity index (χ2v) is 5.33. The molecule has 0 spiro atoms. The van der Waals surface area contributed by atoms with Crippen LogP contribution in [0.3, 0.4) is 0 Å². The number of amides is 1. The summed E-state index contributed by atoms with van der Waals surface area (Å²) in [6.45, 7) is 5.42. The maximum Gasteiger partial charge on any atom is 0.237 e. The number of hydrogen-bond acceptors (Lipinski definition) is 3. The smallest absolute Gasteiger partial charge is 0.237 e. The molecule has 1 aliphatic heterocycles. The van der Waals surface area contributed by atoms with Gasteiger partial charge in [-0.15, -0.1) is 0 Å². The van der Waals surface area contributed by atoms with E-state index >= 15 is 0 Å². The Kier molecular flexibility index (Phi) is 3.35. The zero-order chi connectivity index (χ0) is 13.2. The van der Waals surface area contributed by atoms with Crippen molar-refractivity contribution in [2.24, 2.45) is 5.41 Å². The van der Waals surface area contributed by atoms with E-state index in [9.17, 15) is 4.79 Å². The number of carbonyl (C=O) groups excluding carboxylic acids is 1. The predicted molar refractivity (Wildman–Crippen MR) is 68.6 cm³/mol. The largest absolute Gasteiger partial charge is 0.354 e. The van der Waals surface area contributed by atoms with Gasteiger partial charge in [0.15, 0.2) is 0 Å². The lowest BCUT2D eigenvalue weighted by Crippen LogP contribution is -2.43. The number of nitriles is 1. The van der Waals surface area contributed by atoms with Crippen molar-refractivity contribution in [3.8, 4) is 6.07 Å². The first-order valence-electron chi connectivity index (χ1n) is 6.03. The van der Waals surface area contributed by atoms with Gasteiger partial charge in [-0.3, -0.25) is 4.79 Å². The van der Waals surface area contributed by atoms with Crippen molar-refractivity contribution in [2.45, 2.75) is 26.4 Å². The number of carbonyl (C=O) groups is 1. The van der Waals surface area contributed by atoms with Crippen LogP contribution in [-0.2, 0) is 11.3 Å². The summed E-state index contributed by atoms with van der Waals surface area (Å²) in [5.74, 6) is 0.0523. The van der Waals surface area contributed by atoms with Crippen LogP contribution in [-0.4, -0.2) is 18.5 Å². The summed E-state index contributed by atoms with van der Waals surface area (Å²) in [5.41, 5.74) is 1.58. The summed E-state index contributed by atoms with van der Waals surface area (Å²) in [4.78, 5) is 11.7. The van der Waals surface area contributed by atoms with E-state index in [0.717, 1.165) is 5.56 Å². The Balaban J connectivity index is 2.03. The molecule has 1 atom stereocenters. The molecule has 4 nitrogen and oxygen atoms in total. The molecular weight excluding hydrogens is 226 g/mol. The molecule has 2 rings (SSSR count). The molecule has 0 bridgehead atoms. The monoisotopic (exact) mass is 243 g/mol. The second kappa shape index (κ2) is 4.79. The highest BCUT2D eigenvalue weighted by Crippen LogP contribution is 2.25. The molecule has 0 aliphatic carbocycles. The van der Waals surface area contributed by atoms with E-state index in [4.69, 9.17) is 5.26 Å². The van der Waals surface area contributed by atoms with Crippen molar-refractivity contribution in [3.63, 3.8) is 0 Å². The van der Waals surface area contributed by atoms with E-state index < -0.39 is 0 Å². The number of rotatable bonds is 3. The molecule has 1 aromatic rings. The first-order chi connectivity index (χ1) is 8.53. The molecular formula is C14H17N3O. The Bertz CT molecular complexity index is 502. The summed E-state index contributed by atoms with van der Waals surface area (Å²) in [5, 5.41) is 15.0. The van der Waals surface area contributed by atoms with Crippen LogP contribution in [0, 0.1) is 16.7 Å². The lowest BCUT2D eigenvalue weighted by atomic mass is 9.87. The Morgan fingerprint density at radius 1 is 1.56 bits per heavy atom. The van der Waals surface area contributed by atoms with Gasteiger partial charge in [0.05, 0.1) is 17.7 Å². The van der Waals surface area contributed by atoms with Crippen molar-refractivity contribution in [2.75, 3.05) is 6.54 Å². The lowest BCUT2D eigenvalue weighted by Gasteiger charge is -2.24. The fraction of sp³-hybridized carbons (Fsp3) is 0.429. The van der Waals surface area contributed by atoms with E-state index in [-0.39, 0.29) is 17.4 Å². The van der Waals surface area contributed by atoms with Gasteiger partial charge in [0.2, 0.25) is 5.91 Å². The number of hydrogen-bond donors (Lipinski definition) is 2. The van der Waals surface area contributed by atoms with Gasteiger partial charge in [0, 0.05) is 18.5 Å². The average Bonchev–Trinajstić information content (AvgIpc) is 2.61. The predicted octanol–water partition coefficient (Wildman–Crippen LogP) is 1.17. The van der Waals surface area contributed by atoms with Crippen LogP contribution < -0.4 is 10.6 Å². The average molecular weight is 243 g/mol. The highest BCUT2D eigenvalue weighted by molar-refractivity contribution is 5.85. The molecule has 94 valence electrons. The third kappa shape index (κ3) is 2.52. The van der Waals surface area contributed by atoms with Gasteiger partial charge in [-0.1, -0.05) is 26.0 Å². The van der Waals surface area contributed by atoms with Gasteiger partial charge >= 0.3 is 0 Å². The molecule has 1 aliphatic rings. The highest BCUT2D eigenvalue weighted by atomic mass is 16.2. The Hall–Kier alpha value is -1.86. The third-order valence-electron chi connectivity index (χ3n) is 3.33. The van der Waals surface area contributed by atoms with Crippen LogP contribution in [0.2, 0.25) is 0 Å². The Labute approximate surface area is 107 Å². The minimum absolute atomic E-state index is 0.0523. The third-order valence-corrected chi connectivity index (χ3v) is 3.33. The summed E-state index contributed by atoms with van der Waals surface area (Å²) >= 11 is 0.